The maximum absolute atomic E-state index is 5.99. The van der Waals surface area contributed by atoms with Crippen molar-refractivity contribution in [1.82, 2.24) is 9.97 Å². The highest BCUT2D eigenvalue weighted by Gasteiger charge is 2.05. The van der Waals surface area contributed by atoms with Crippen molar-refractivity contribution in [3.63, 3.8) is 0 Å². The second-order valence-corrected chi connectivity index (χ2v) is 6.15. The number of nitrogens with one attached hydrogen (secondary N) is 2. The number of hydrogen-bond donors (Lipinski definition) is 2. The van der Waals surface area contributed by atoms with Crippen LogP contribution in [0.25, 0.3) is 0 Å². The molecule has 2 rings (SSSR count). The molecule has 21 heavy (non-hydrogen) atoms. The second-order valence-electron chi connectivity index (χ2n) is 5.28. The Labute approximate surface area is 134 Å². The minimum absolute atomic E-state index is 0.525. The average molecular weight is 325 g/mol. The number of hydrogen-bond acceptors (Lipinski definition) is 4. The summed E-state index contributed by atoms with van der Waals surface area (Å²) in [5.74, 6) is 1.84. The predicted molar refractivity (Wildman–Crippen MR) is 89.8 cm³/mol. The van der Waals surface area contributed by atoms with Crippen molar-refractivity contribution < 1.29 is 0 Å². The van der Waals surface area contributed by atoms with E-state index < -0.39 is 0 Å². The summed E-state index contributed by atoms with van der Waals surface area (Å²) in [4.78, 5) is 8.81. The van der Waals surface area contributed by atoms with Gasteiger partial charge in [-0.15, -0.1) is 0 Å². The minimum atomic E-state index is 0.525. The molecule has 0 saturated carbocycles. The van der Waals surface area contributed by atoms with Gasteiger partial charge in [0.15, 0.2) is 0 Å². The van der Waals surface area contributed by atoms with Gasteiger partial charge in [-0.1, -0.05) is 37.0 Å². The van der Waals surface area contributed by atoms with Crippen molar-refractivity contribution >= 4 is 40.7 Å². The van der Waals surface area contributed by atoms with Crippen molar-refractivity contribution in [1.29, 1.82) is 0 Å². The summed E-state index contributed by atoms with van der Waals surface area (Å²) >= 11 is 12.0. The van der Waals surface area contributed by atoms with E-state index in [0.717, 1.165) is 17.9 Å². The van der Waals surface area contributed by atoms with Gasteiger partial charge >= 0.3 is 0 Å². The zero-order valence-corrected chi connectivity index (χ0v) is 13.8. The van der Waals surface area contributed by atoms with Gasteiger partial charge in [-0.25, -0.2) is 4.98 Å². The molecule has 1 aromatic heterocycles. The molecule has 1 aromatic carbocycles. The SMILES string of the molecule is Cc1cc(Nc2cc(Cl)cc(Cl)c2)nc(NCC(C)C)n1. The fourth-order valence-corrected chi connectivity index (χ4v) is 2.31. The molecule has 0 saturated heterocycles. The Morgan fingerprint density at radius 2 is 1.71 bits per heavy atom. The van der Waals surface area contributed by atoms with Crippen molar-refractivity contribution in [2.24, 2.45) is 5.92 Å². The van der Waals surface area contributed by atoms with Gasteiger partial charge in [0, 0.05) is 34.0 Å². The zero-order valence-electron chi connectivity index (χ0n) is 12.2. The van der Waals surface area contributed by atoms with Crippen LogP contribution in [-0.2, 0) is 0 Å². The van der Waals surface area contributed by atoms with Gasteiger partial charge < -0.3 is 10.6 Å². The summed E-state index contributed by atoms with van der Waals surface area (Å²) in [6.45, 7) is 7.02. The molecule has 0 aliphatic carbocycles. The van der Waals surface area contributed by atoms with E-state index in [1.807, 2.05) is 13.0 Å². The molecule has 2 aromatic rings. The molecule has 1 heterocycles. The Kier molecular flexibility index (Phi) is 5.26. The first-order chi connectivity index (χ1) is 9.92. The summed E-state index contributed by atoms with van der Waals surface area (Å²) in [5.41, 5.74) is 1.67. The number of rotatable bonds is 5. The summed E-state index contributed by atoms with van der Waals surface area (Å²) in [5, 5.41) is 7.57. The molecular weight excluding hydrogens is 307 g/mol. The molecule has 112 valence electrons. The minimum Gasteiger partial charge on any atom is -0.354 e. The van der Waals surface area contributed by atoms with Crippen LogP contribution in [0.4, 0.5) is 17.5 Å². The molecule has 2 N–H and O–H groups in total. The fourth-order valence-electron chi connectivity index (χ4n) is 1.78. The molecule has 0 aliphatic rings. The molecule has 0 aliphatic heterocycles. The van der Waals surface area contributed by atoms with Crippen molar-refractivity contribution in [2.75, 3.05) is 17.2 Å². The number of nitrogens with zero attached hydrogens (tertiary/aromatic N) is 2. The van der Waals surface area contributed by atoms with Gasteiger partial charge in [0.05, 0.1) is 0 Å². The van der Waals surface area contributed by atoms with Gasteiger partial charge in [-0.3, -0.25) is 0 Å². The third kappa shape index (κ3) is 5.06. The van der Waals surface area contributed by atoms with Crippen molar-refractivity contribution in [3.05, 3.63) is 40.0 Å². The Balaban J connectivity index is 2.19. The van der Waals surface area contributed by atoms with Crippen molar-refractivity contribution in [2.45, 2.75) is 20.8 Å². The zero-order chi connectivity index (χ0) is 15.4. The molecule has 0 unspecified atom stereocenters. The van der Waals surface area contributed by atoms with E-state index in [2.05, 4.69) is 34.4 Å². The predicted octanol–water partition coefficient (Wildman–Crippen LogP) is 4.90. The van der Waals surface area contributed by atoms with Crippen LogP contribution in [0.2, 0.25) is 10.0 Å². The van der Waals surface area contributed by atoms with Crippen molar-refractivity contribution in [3.8, 4) is 0 Å². The Hall–Kier alpha value is -1.52. The number of halogens is 2. The van der Waals surface area contributed by atoms with Crippen LogP contribution in [0.3, 0.4) is 0 Å². The van der Waals surface area contributed by atoms with Crippen LogP contribution < -0.4 is 10.6 Å². The molecule has 0 bridgehead atoms. The Morgan fingerprint density at radius 3 is 2.33 bits per heavy atom. The summed E-state index contributed by atoms with van der Waals surface area (Å²) < 4.78 is 0. The monoisotopic (exact) mass is 324 g/mol. The van der Waals surface area contributed by atoms with Gasteiger partial charge in [0.2, 0.25) is 5.95 Å². The third-order valence-corrected chi connectivity index (χ3v) is 3.09. The normalized spacial score (nSPS) is 10.8. The lowest BCUT2D eigenvalue weighted by atomic mass is 10.2. The van der Waals surface area contributed by atoms with Gasteiger partial charge in [0.1, 0.15) is 5.82 Å². The van der Waals surface area contributed by atoms with Crippen LogP contribution in [0, 0.1) is 12.8 Å². The van der Waals surface area contributed by atoms with E-state index in [4.69, 9.17) is 23.2 Å². The lowest BCUT2D eigenvalue weighted by Crippen LogP contribution is -2.11. The maximum Gasteiger partial charge on any atom is 0.224 e. The molecule has 6 heteroatoms. The third-order valence-electron chi connectivity index (χ3n) is 2.66. The molecule has 4 nitrogen and oxygen atoms in total. The molecule has 0 atom stereocenters. The van der Waals surface area contributed by atoms with Gasteiger partial charge in [0.25, 0.3) is 0 Å². The highest BCUT2D eigenvalue weighted by Crippen LogP contribution is 2.25. The smallest absolute Gasteiger partial charge is 0.224 e. The highest BCUT2D eigenvalue weighted by molar-refractivity contribution is 6.35. The Morgan fingerprint density at radius 1 is 1.05 bits per heavy atom. The van der Waals surface area contributed by atoms with E-state index in [1.54, 1.807) is 18.2 Å². The number of aryl methyl sites for hydroxylation is 1. The quantitative estimate of drug-likeness (QED) is 0.820. The van der Waals surface area contributed by atoms with E-state index >= 15 is 0 Å². The van der Waals surface area contributed by atoms with Crippen LogP contribution in [0.15, 0.2) is 24.3 Å². The lowest BCUT2D eigenvalue weighted by molar-refractivity contribution is 0.684. The molecule has 0 spiro atoms. The molecule has 0 radical (unpaired) electrons. The molecule has 0 amide bonds. The largest absolute Gasteiger partial charge is 0.354 e. The standard InChI is InChI=1S/C15H18Cl2N4/c1-9(2)8-18-15-19-10(3)4-14(21-15)20-13-6-11(16)5-12(17)7-13/h4-7,9H,8H2,1-3H3,(H2,18,19,20,21). The fraction of sp³-hybridized carbons (Fsp3) is 0.333. The van der Waals surface area contributed by atoms with E-state index in [0.29, 0.717) is 27.7 Å². The van der Waals surface area contributed by atoms with Gasteiger partial charge in [-0.2, -0.15) is 4.98 Å². The molecule has 0 fully saturated rings. The number of aromatic nitrogens is 2. The lowest BCUT2D eigenvalue weighted by Gasteiger charge is -2.11. The first-order valence-corrected chi connectivity index (χ1v) is 7.50. The summed E-state index contributed by atoms with van der Waals surface area (Å²) in [7, 11) is 0. The Bertz CT molecular complexity index is 609. The summed E-state index contributed by atoms with van der Waals surface area (Å²) in [6.07, 6.45) is 0. The van der Waals surface area contributed by atoms with E-state index in [-0.39, 0.29) is 0 Å². The van der Waals surface area contributed by atoms with Crippen LogP contribution in [-0.4, -0.2) is 16.5 Å². The summed E-state index contributed by atoms with van der Waals surface area (Å²) in [6, 6.07) is 7.16. The van der Waals surface area contributed by atoms with Crippen LogP contribution >= 0.6 is 23.2 Å². The highest BCUT2D eigenvalue weighted by atomic mass is 35.5. The van der Waals surface area contributed by atoms with Crippen LogP contribution in [0.5, 0.6) is 0 Å². The molecular formula is C15H18Cl2N4. The second kappa shape index (κ2) is 6.96. The van der Waals surface area contributed by atoms with Crippen LogP contribution in [0.1, 0.15) is 19.5 Å². The number of benzene rings is 1. The first-order valence-electron chi connectivity index (χ1n) is 6.75. The first kappa shape index (κ1) is 15.9. The maximum atomic E-state index is 5.99. The van der Waals surface area contributed by atoms with E-state index in [9.17, 15) is 0 Å². The average Bonchev–Trinajstić information content (AvgIpc) is 2.34. The topological polar surface area (TPSA) is 49.8 Å². The van der Waals surface area contributed by atoms with Gasteiger partial charge in [-0.05, 0) is 31.0 Å². The van der Waals surface area contributed by atoms with E-state index in [1.165, 1.54) is 0 Å². The number of anilines is 3.